The van der Waals surface area contributed by atoms with Gasteiger partial charge in [-0.3, -0.25) is 4.79 Å². The fraction of sp³-hybridized carbons (Fsp3) is 0.222. The van der Waals surface area contributed by atoms with Gasteiger partial charge in [-0.25, -0.2) is 0 Å². The Balaban J connectivity index is 1.73. The summed E-state index contributed by atoms with van der Waals surface area (Å²) in [7, 11) is 0. The van der Waals surface area contributed by atoms with Gasteiger partial charge in [0.2, 0.25) is 0 Å². The lowest BCUT2D eigenvalue weighted by Crippen LogP contribution is -2.29. The van der Waals surface area contributed by atoms with E-state index in [1.165, 1.54) is 5.01 Å². The van der Waals surface area contributed by atoms with Gasteiger partial charge in [0.15, 0.2) is 6.04 Å². The summed E-state index contributed by atoms with van der Waals surface area (Å²) in [4.78, 5) is 12.5. The fourth-order valence-electron chi connectivity index (χ4n) is 2.43. The second kappa shape index (κ2) is 7.14. The van der Waals surface area contributed by atoms with Crippen LogP contribution in [0.2, 0.25) is 0 Å². The van der Waals surface area contributed by atoms with Crippen molar-refractivity contribution in [3.8, 4) is 0 Å². The standard InChI is InChI=1S/C18H18N4O2/c1-13-17(18(24)22(21-13)16-5-3-2-4-6-16)20-19-15-9-7-14(8-10-15)11-12-23/h2-10,17,23H,11-12H2,1H3/b20-19+. The zero-order chi connectivity index (χ0) is 16.9. The minimum absolute atomic E-state index is 0.114. The summed E-state index contributed by atoms with van der Waals surface area (Å²) < 4.78 is 0. The molecule has 122 valence electrons. The third-order valence-corrected chi connectivity index (χ3v) is 3.72. The molecular formula is C18H18N4O2. The molecule has 2 aromatic rings. The van der Waals surface area contributed by atoms with Crippen LogP contribution in [-0.4, -0.2) is 29.4 Å². The van der Waals surface area contributed by atoms with Crippen molar-refractivity contribution in [3.05, 3.63) is 60.2 Å². The Bertz CT molecular complexity index is 769. The first-order valence-electron chi connectivity index (χ1n) is 7.74. The Hall–Kier alpha value is -2.86. The monoisotopic (exact) mass is 322 g/mol. The van der Waals surface area contributed by atoms with E-state index in [-0.39, 0.29) is 12.5 Å². The van der Waals surface area contributed by atoms with Gasteiger partial charge in [0.05, 0.1) is 17.1 Å². The first-order chi connectivity index (χ1) is 11.7. The third kappa shape index (κ3) is 3.38. The van der Waals surface area contributed by atoms with E-state index in [0.29, 0.717) is 23.5 Å². The van der Waals surface area contributed by atoms with E-state index in [1.807, 2.05) is 54.6 Å². The van der Waals surface area contributed by atoms with Crippen molar-refractivity contribution in [1.29, 1.82) is 0 Å². The van der Waals surface area contributed by atoms with Crippen LogP contribution in [0.15, 0.2) is 69.9 Å². The Morgan fingerprint density at radius 1 is 1.12 bits per heavy atom. The third-order valence-electron chi connectivity index (χ3n) is 3.72. The molecule has 1 amide bonds. The van der Waals surface area contributed by atoms with Crippen molar-refractivity contribution < 1.29 is 9.90 Å². The summed E-state index contributed by atoms with van der Waals surface area (Å²) in [6.07, 6.45) is 0.607. The Kier molecular flexibility index (Phi) is 4.77. The molecule has 0 aromatic heterocycles. The van der Waals surface area contributed by atoms with Crippen molar-refractivity contribution in [2.24, 2.45) is 15.3 Å². The second-order valence-electron chi connectivity index (χ2n) is 5.49. The van der Waals surface area contributed by atoms with Crippen LogP contribution in [0.3, 0.4) is 0 Å². The number of nitrogens with zero attached hydrogens (tertiary/aromatic N) is 4. The van der Waals surface area contributed by atoms with Crippen molar-refractivity contribution in [2.75, 3.05) is 11.6 Å². The van der Waals surface area contributed by atoms with Crippen molar-refractivity contribution in [2.45, 2.75) is 19.4 Å². The molecule has 3 rings (SSSR count). The molecule has 0 aliphatic carbocycles. The average Bonchev–Trinajstić information content (AvgIpc) is 2.90. The molecule has 0 spiro atoms. The van der Waals surface area contributed by atoms with Crippen molar-refractivity contribution >= 4 is 23.0 Å². The van der Waals surface area contributed by atoms with Gasteiger partial charge in [-0.15, -0.1) is 0 Å². The van der Waals surface area contributed by atoms with E-state index in [0.717, 1.165) is 5.56 Å². The zero-order valence-corrected chi connectivity index (χ0v) is 13.3. The van der Waals surface area contributed by atoms with Gasteiger partial charge >= 0.3 is 0 Å². The maximum atomic E-state index is 12.5. The van der Waals surface area contributed by atoms with Crippen LogP contribution < -0.4 is 5.01 Å². The Morgan fingerprint density at radius 2 is 1.83 bits per heavy atom. The summed E-state index contributed by atoms with van der Waals surface area (Å²) in [5.41, 5.74) is 3.02. The Morgan fingerprint density at radius 3 is 2.50 bits per heavy atom. The number of aliphatic hydroxyl groups is 1. The summed E-state index contributed by atoms with van der Waals surface area (Å²) in [5, 5.41) is 22.9. The predicted molar refractivity (Wildman–Crippen MR) is 92.6 cm³/mol. The zero-order valence-electron chi connectivity index (χ0n) is 13.3. The molecule has 0 bridgehead atoms. The average molecular weight is 322 g/mol. The molecule has 1 aliphatic rings. The molecule has 1 heterocycles. The summed E-state index contributed by atoms with van der Waals surface area (Å²) in [6, 6.07) is 16.0. The van der Waals surface area contributed by atoms with Crippen molar-refractivity contribution in [1.82, 2.24) is 0 Å². The van der Waals surface area contributed by atoms with E-state index in [1.54, 1.807) is 6.92 Å². The number of carbonyl (C=O) groups excluding carboxylic acids is 1. The SMILES string of the molecule is CC1=NN(c2ccccc2)C(=O)C1/N=N/c1ccc(CCO)cc1. The highest BCUT2D eigenvalue weighted by atomic mass is 16.3. The van der Waals surface area contributed by atoms with Gasteiger partial charge in [-0.1, -0.05) is 30.3 Å². The van der Waals surface area contributed by atoms with Crippen LogP contribution >= 0.6 is 0 Å². The topological polar surface area (TPSA) is 77.6 Å². The number of carbonyl (C=O) groups is 1. The van der Waals surface area contributed by atoms with Gasteiger partial charge < -0.3 is 5.11 Å². The van der Waals surface area contributed by atoms with Gasteiger partial charge in [-0.2, -0.15) is 20.3 Å². The molecule has 1 atom stereocenters. The van der Waals surface area contributed by atoms with Crippen LogP contribution in [0.5, 0.6) is 0 Å². The molecule has 6 heteroatoms. The van der Waals surface area contributed by atoms with E-state index < -0.39 is 6.04 Å². The normalized spacial score (nSPS) is 17.6. The number of anilines is 1. The summed E-state index contributed by atoms with van der Waals surface area (Å²) >= 11 is 0. The molecule has 1 aliphatic heterocycles. The van der Waals surface area contributed by atoms with Gasteiger partial charge in [0, 0.05) is 6.61 Å². The highest BCUT2D eigenvalue weighted by Crippen LogP contribution is 2.23. The minimum atomic E-state index is -0.692. The number of amides is 1. The number of azo groups is 1. The first-order valence-corrected chi connectivity index (χ1v) is 7.74. The van der Waals surface area contributed by atoms with E-state index in [9.17, 15) is 4.79 Å². The van der Waals surface area contributed by atoms with Crippen LogP contribution in [0.1, 0.15) is 12.5 Å². The number of rotatable bonds is 5. The van der Waals surface area contributed by atoms with Gasteiger partial charge in [0.25, 0.3) is 5.91 Å². The maximum Gasteiger partial charge on any atom is 0.280 e. The Labute approximate surface area is 140 Å². The molecule has 2 aromatic carbocycles. The molecular weight excluding hydrogens is 304 g/mol. The highest BCUT2D eigenvalue weighted by Gasteiger charge is 2.34. The lowest BCUT2D eigenvalue weighted by atomic mass is 10.1. The number of hydrazone groups is 1. The van der Waals surface area contributed by atoms with Crippen LogP contribution in [0.4, 0.5) is 11.4 Å². The molecule has 1 unspecified atom stereocenters. The summed E-state index contributed by atoms with van der Waals surface area (Å²) in [6.45, 7) is 1.89. The summed E-state index contributed by atoms with van der Waals surface area (Å²) in [5.74, 6) is -0.209. The number of para-hydroxylation sites is 1. The highest BCUT2D eigenvalue weighted by molar-refractivity contribution is 6.18. The quantitative estimate of drug-likeness (QED) is 0.859. The number of hydrogen-bond acceptors (Lipinski definition) is 5. The lowest BCUT2D eigenvalue weighted by Gasteiger charge is -2.11. The number of aliphatic hydroxyl groups excluding tert-OH is 1. The van der Waals surface area contributed by atoms with E-state index >= 15 is 0 Å². The minimum Gasteiger partial charge on any atom is -0.396 e. The lowest BCUT2D eigenvalue weighted by molar-refractivity contribution is -0.117. The number of hydrogen-bond donors (Lipinski definition) is 1. The van der Waals surface area contributed by atoms with Crippen molar-refractivity contribution in [3.63, 3.8) is 0 Å². The smallest absolute Gasteiger partial charge is 0.280 e. The van der Waals surface area contributed by atoms with Crippen LogP contribution in [-0.2, 0) is 11.2 Å². The van der Waals surface area contributed by atoms with E-state index in [2.05, 4.69) is 15.3 Å². The van der Waals surface area contributed by atoms with Crippen LogP contribution in [0, 0.1) is 0 Å². The molecule has 0 saturated heterocycles. The number of benzene rings is 2. The largest absolute Gasteiger partial charge is 0.396 e. The van der Waals surface area contributed by atoms with Gasteiger partial charge in [-0.05, 0) is 43.2 Å². The van der Waals surface area contributed by atoms with Gasteiger partial charge in [0.1, 0.15) is 0 Å². The second-order valence-corrected chi connectivity index (χ2v) is 5.49. The molecule has 0 fully saturated rings. The molecule has 1 N–H and O–H groups in total. The molecule has 0 saturated carbocycles. The fourth-order valence-corrected chi connectivity index (χ4v) is 2.43. The maximum absolute atomic E-state index is 12.5. The molecule has 24 heavy (non-hydrogen) atoms. The first kappa shape index (κ1) is 16.0. The van der Waals surface area contributed by atoms with Crippen LogP contribution in [0.25, 0.3) is 0 Å². The van der Waals surface area contributed by atoms with E-state index in [4.69, 9.17) is 5.11 Å². The molecule has 0 radical (unpaired) electrons. The predicted octanol–water partition coefficient (Wildman–Crippen LogP) is 3.10. The molecule has 6 nitrogen and oxygen atoms in total.